The molecule has 4 aromatic carbocycles. The Morgan fingerprint density at radius 3 is 1.21 bits per heavy atom. The number of rotatable bonds is 8. The van der Waals surface area contributed by atoms with Crippen molar-refractivity contribution < 1.29 is 25.7 Å². The van der Waals surface area contributed by atoms with Gasteiger partial charge in [-0.2, -0.15) is 0 Å². The molecule has 1 saturated carbocycles. The van der Waals surface area contributed by atoms with E-state index in [9.17, 15) is 10.2 Å². The van der Waals surface area contributed by atoms with Gasteiger partial charge in [-0.25, -0.2) is 0 Å². The van der Waals surface area contributed by atoms with E-state index in [1.165, 1.54) is 71.9 Å². The van der Waals surface area contributed by atoms with Gasteiger partial charge in [-0.1, -0.05) is 0 Å². The Labute approximate surface area is 331 Å². The number of aromatic hydroxyl groups is 2. The Bertz CT molecular complexity index is 1870. The van der Waals surface area contributed by atoms with E-state index >= 15 is 0 Å². The number of benzene rings is 4. The van der Waals surface area contributed by atoms with E-state index in [1.807, 2.05) is 0 Å². The summed E-state index contributed by atoms with van der Waals surface area (Å²) in [6.07, 6.45) is 8.00. The molecule has 1 aliphatic carbocycles. The molecule has 0 aromatic heterocycles. The number of phenols is 2. The van der Waals surface area contributed by atoms with Gasteiger partial charge >= 0.3 is 334 Å². The van der Waals surface area contributed by atoms with Gasteiger partial charge in [0.1, 0.15) is 0 Å². The normalized spacial score (nSPS) is 21.2. The minimum atomic E-state index is -0.339. The van der Waals surface area contributed by atoms with Crippen molar-refractivity contribution in [2.24, 2.45) is 0 Å². The molecular formula is C48H64O2S2Ti. The Kier molecular flexibility index (Phi) is 12.1. The van der Waals surface area contributed by atoms with E-state index in [0.29, 0.717) is 11.5 Å². The Balaban J connectivity index is 1.48. The van der Waals surface area contributed by atoms with Crippen LogP contribution in [-0.4, -0.2) is 20.7 Å². The maximum absolute atomic E-state index is 12.3. The summed E-state index contributed by atoms with van der Waals surface area (Å²) >= 11 is -0.339. The summed E-state index contributed by atoms with van der Waals surface area (Å²) in [5.74, 6) is 3.03. The Morgan fingerprint density at radius 1 is 0.509 bits per heavy atom. The second kappa shape index (κ2) is 15.8. The predicted octanol–water partition coefficient (Wildman–Crippen LogP) is 13.6. The summed E-state index contributed by atoms with van der Waals surface area (Å²) in [6.45, 7) is 22.9. The molecule has 2 N–H and O–H groups in total. The van der Waals surface area contributed by atoms with E-state index < -0.39 is 0 Å². The van der Waals surface area contributed by atoms with Crippen molar-refractivity contribution in [2.45, 2.75) is 151 Å². The molecule has 1 fully saturated rings. The van der Waals surface area contributed by atoms with Gasteiger partial charge in [0.2, 0.25) is 0 Å². The van der Waals surface area contributed by atoms with Crippen LogP contribution in [0.15, 0.2) is 84.9 Å². The molecule has 0 bridgehead atoms. The molecule has 1 heterocycles. The van der Waals surface area contributed by atoms with E-state index in [-0.39, 0.29) is 53.0 Å². The van der Waals surface area contributed by atoms with Gasteiger partial charge in [0.15, 0.2) is 0 Å². The fraction of sp³-hybridized carbons (Fsp3) is 0.500. The zero-order valence-electron chi connectivity index (χ0n) is 34.1. The van der Waals surface area contributed by atoms with Crippen LogP contribution in [0.4, 0.5) is 0 Å². The first-order valence-corrected chi connectivity index (χ1v) is 26.6. The average molecular weight is 785 g/mol. The standard InChI is InChI=1S/C48H64O2S2.Ti/c1-45(2,3)37-27-33(43(49)39(29-37)47(7,8)35-21-15-13-16-22-35)31-51-41-25-19-11-12-20-26-42(41)52-32-34-28-38(46(4,5)6)30-40(44(34)50)48(9,10)36-23-17-14-18-24-36;/h13-18,21-24,27-30,41-42,49-50H,11-12,19-20,25-26,31-32H2,1-10H3;. The zero-order valence-corrected chi connectivity index (χ0v) is 37.3. The second-order valence-corrected chi connectivity index (χ2v) is 30.3. The van der Waals surface area contributed by atoms with Crippen LogP contribution in [0.1, 0.15) is 152 Å². The van der Waals surface area contributed by atoms with Crippen molar-refractivity contribution in [3.8, 4) is 11.5 Å². The van der Waals surface area contributed by atoms with Gasteiger partial charge in [0, 0.05) is 0 Å². The third kappa shape index (κ3) is 8.67. The van der Waals surface area contributed by atoms with Crippen LogP contribution in [0, 0.1) is 0 Å². The molecule has 4 unspecified atom stereocenters. The van der Waals surface area contributed by atoms with Crippen molar-refractivity contribution in [2.75, 3.05) is 0 Å². The van der Waals surface area contributed by atoms with Crippen molar-refractivity contribution >= 4 is 15.9 Å². The Hall–Kier alpha value is -2.11. The summed E-state index contributed by atoms with van der Waals surface area (Å²) in [5, 5.41) is 26.0. The monoisotopic (exact) mass is 784 g/mol. The second-order valence-electron chi connectivity index (χ2n) is 18.8. The maximum atomic E-state index is 12.3. The van der Waals surface area contributed by atoms with Crippen LogP contribution in [0.3, 0.4) is 0 Å². The number of hydrogen-bond donors (Lipinski definition) is 2. The number of fused-ring (bicyclic) bond motifs is 1. The van der Waals surface area contributed by atoms with Crippen LogP contribution < -0.4 is 0 Å². The first-order valence-electron chi connectivity index (χ1n) is 19.9. The fourth-order valence-electron chi connectivity index (χ4n) is 8.39. The van der Waals surface area contributed by atoms with Crippen molar-refractivity contribution in [3.63, 3.8) is 0 Å². The van der Waals surface area contributed by atoms with Gasteiger partial charge in [-0.3, -0.25) is 0 Å². The minimum absolute atomic E-state index is 0.0209. The third-order valence-electron chi connectivity index (χ3n) is 12.2. The molecule has 6 rings (SSSR count). The molecule has 4 atom stereocenters. The molecule has 284 valence electrons. The first kappa shape index (κ1) is 40.6. The molecular weight excluding hydrogens is 721 g/mol. The summed E-state index contributed by atoms with van der Waals surface area (Å²) in [4.78, 5) is 0. The van der Waals surface area contributed by atoms with E-state index in [1.54, 1.807) is 0 Å². The number of phenolic OH excluding ortho intramolecular Hbond substituents is 2. The van der Waals surface area contributed by atoms with Crippen molar-refractivity contribution in [1.82, 2.24) is 0 Å². The van der Waals surface area contributed by atoms with Gasteiger partial charge in [0.25, 0.3) is 0 Å². The quantitative estimate of drug-likeness (QED) is 0.175. The first-order chi connectivity index (χ1) is 24.9. The molecule has 0 amide bonds. The van der Waals surface area contributed by atoms with E-state index in [4.69, 9.17) is 0 Å². The summed E-state index contributed by atoms with van der Waals surface area (Å²) < 4.78 is 0. The Morgan fingerprint density at radius 2 is 0.868 bits per heavy atom. The van der Waals surface area contributed by atoms with Gasteiger partial charge in [-0.15, -0.1) is 0 Å². The van der Waals surface area contributed by atoms with Gasteiger partial charge in [-0.05, 0) is 0 Å². The molecule has 2 nitrogen and oxygen atoms in total. The van der Waals surface area contributed by atoms with Gasteiger partial charge in [0.05, 0.1) is 0 Å². The fourth-order valence-corrected chi connectivity index (χ4v) is 29.2. The SMILES string of the molecule is CC(C)(C)c1cc(C[S]2=[Ti]=[S](Cc3cc(C(C)(C)C)cc(C(C)(C)c4ccccc4)c3O)C3CCCCCCC32)c(O)c(C(C)(C)c2ccccc2)c1. The zero-order chi connectivity index (χ0) is 38.3. The van der Waals surface area contributed by atoms with Crippen LogP contribution in [0.25, 0.3) is 0 Å². The van der Waals surface area contributed by atoms with E-state index in [0.717, 1.165) is 33.1 Å². The molecule has 0 saturated heterocycles. The van der Waals surface area contributed by atoms with Gasteiger partial charge < -0.3 is 0 Å². The molecule has 0 spiro atoms. The molecule has 2 aliphatic rings. The molecule has 5 heteroatoms. The van der Waals surface area contributed by atoms with Crippen LogP contribution >= 0.6 is 15.9 Å². The van der Waals surface area contributed by atoms with Crippen LogP contribution in [0.5, 0.6) is 11.5 Å². The summed E-state index contributed by atoms with van der Waals surface area (Å²) in [5.41, 5.74) is 8.87. The van der Waals surface area contributed by atoms with Crippen LogP contribution in [0.2, 0.25) is 0 Å². The molecule has 1 aliphatic heterocycles. The number of hydrogen-bond acceptors (Lipinski definition) is 2. The predicted molar refractivity (Wildman–Crippen MR) is 229 cm³/mol. The van der Waals surface area contributed by atoms with Crippen molar-refractivity contribution in [3.05, 3.63) is 129 Å². The van der Waals surface area contributed by atoms with E-state index in [2.05, 4.69) is 154 Å². The third-order valence-corrected chi connectivity index (χ3v) is 28.1. The molecule has 0 radical (unpaired) electrons. The summed E-state index contributed by atoms with van der Waals surface area (Å²) in [7, 11) is 0.545. The average Bonchev–Trinajstić information content (AvgIpc) is 3.39. The molecule has 4 aromatic rings. The topological polar surface area (TPSA) is 40.5 Å². The van der Waals surface area contributed by atoms with Crippen LogP contribution in [-0.2, 0) is 48.6 Å². The summed E-state index contributed by atoms with van der Waals surface area (Å²) in [6, 6.07) is 30.7. The molecule has 53 heavy (non-hydrogen) atoms. The van der Waals surface area contributed by atoms with Crippen molar-refractivity contribution in [1.29, 1.82) is 0 Å².